The lowest BCUT2D eigenvalue weighted by atomic mass is 9.77. The summed E-state index contributed by atoms with van der Waals surface area (Å²) in [6.07, 6.45) is 15.3. The van der Waals surface area contributed by atoms with Crippen molar-refractivity contribution in [2.45, 2.75) is 69.7 Å². The number of pyridine rings is 1. The zero-order valence-electron chi connectivity index (χ0n) is 18.1. The summed E-state index contributed by atoms with van der Waals surface area (Å²) < 4.78 is 8.38. The zero-order chi connectivity index (χ0) is 20.3. The number of nitrogens with one attached hydrogen (secondary N) is 1. The Hall–Kier alpha value is -1.92. The van der Waals surface area contributed by atoms with Gasteiger partial charge in [0, 0.05) is 45.2 Å². The molecule has 5 rings (SSSR count). The number of aromatic nitrogens is 3. The van der Waals surface area contributed by atoms with Crippen LogP contribution in [0.4, 0.5) is 5.82 Å². The Kier molecular flexibility index (Phi) is 6.05. The molecule has 2 aromatic rings. The van der Waals surface area contributed by atoms with E-state index in [1.165, 1.54) is 50.9 Å². The lowest BCUT2D eigenvalue weighted by Crippen LogP contribution is -2.44. The van der Waals surface area contributed by atoms with E-state index >= 15 is 0 Å². The highest BCUT2D eigenvalue weighted by atomic mass is 16.5. The Labute approximate surface area is 180 Å². The molecule has 3 aliphatic rings. The van der Waals surface area contributed by atoms with Gasteiger partial charge in [-0.2, -0.15) is 0 Å². The second-order valence-corrected chi connectivity index (χ2v) is 9.51. The molecule has 1 aliphatic heterocycles. The topological polar surface area (TPSA) is 55.2 Å². The van der Waals surface area contributed by atoms with Crippen LogP contribution in [0.2, 0.25) is 0 Å². The number of ether oxygens (including phenoxy) is 1. The number of fused-ring (bicyclic) bond motifs is 1. The van der Waals surface area contributed by atoms with Gasteiger partial charge in [-0.05, 0) is 49.7 Å². The van der Waals surface area contributed by atoms with Crippen molar-refractivity contribution in [1.82, 2.24) is 19.4 Å². The fourth-order valence-corrected chi connectivity index (χ4v) is 6.06. The SMILES string of the molecule is CO[C@@H]1C[C@H]2CN(Cc3cncn3C3CCCCC3)C[C@H]2C[C@H]1Nc1ccccn1. The van der Waals surface area contributed by atoms with Crippen molar-refractivity contribution in [3.8, 4) is 0 Å². The predicted molar refractivity (Wildman–Crippen MR) is 118 cm³/mol. The van der Waals surface area contributed by atoms with E-state index in [2.05, 4.69) is 37.3 Å². The van der Waals surface area contributed by atoms with Gasteiger partial charge in [0.2, 0.25) is 0 Å². The highest BCUT2D eigenvalue weighted by Crippen LogP contribution is 2.39. The van der Waals surface area contributed by atoms with E-state index in [9.17, 15) is 0 Å². The third-order valence-corrected chi connectivity index (χ3v) is 7.59. The number of rotatable bonds is 6. The van der Waals surface area contributed by atoms with Gasteiger partial charge in [0.25, 0.3) is 0 Å². The average molecular weight is 410 g/mol. The number of likely N-dealkylation sites (tertiary alicyclic amines) is 1. The van der Waals surface area contributed by atoms with Crippen molar-refractivity contribution in [2.75, 3.05) is 25.5 Å². The molecule has 30 heavy (non-hydrogen) atoms. The van der Waals surface area contributed by atoms with Crippen LogP contribution < -0.4 is 5.32 Å². The summed E-state index contributed by atoms with van der Waals surface area (Å²) in [5, 5.41) is 3.64. The van der Waals surface area contributed by atoms with Gasteiger partial charge in [0.05, 0.1) is 24.2 Å². The Morgan fingerprint density at radius 1 is 1.10 bits per heavy atom. The van der Waals surface area contributed by atoms with Crippen LogP contribution in [0.3, 0.4) is 0 Å². The molecule has 0 bridgehead atoms. The van der Waals surface area contributed by atoms with Crippen molar-refractivity contribution in [2.24, 2.45) is 11.8 Å². The Bertz CT molecular complexity index is 803. The monoisotopic (exact) mass is 409 g/mol. The van der Waals surface area contributed by atoms with E-state index in [1.54, 1.807) is 0 Å². The van der Waals surface area contributed by atoms with Gasteiger partial charge in [0.1, 0.15) is 5.82 Å². The molecule has 4 atom stereocenters. The van der Waals surface area contributed by atoms with Crippen molar-refractivity contribution >= 4 is 5.82 Å². The van der Waals surface area contributed by atoms with Gasteiger partial charge in [-0.3, -0.25) is 4.90 Å². The first-order valence-electron chi connectivity index (χ1n) is 11.7. The third kappa shape index (κ3) is 4.26. The molecule has 1 N–H and O–H groups in total. The molecule has 6 nitrogen and oxygen atoms in total. The Morgan fingerprint density at radius 3 is 2.70 bits per heavy atom. The number of hydrogen-bond acceptors (Lipinski definition) is 5. The minimum atomic E-state index is 0.251. The molecule has 0 radical (unpaired) electrons. The van der Waals surface area contributed by atoms with E-state index in [0.717, 1.165) is 37.0 Å². The van der Waals surface area contributed by atoms with Crippen LogP contribution in [0.1, 0.15) is 56.7 Å². The summed E-state index contributed by atoms with van der Waals surface area (Å²) in [5.74, 6) is 2.40. The molecule has 2 aromatic heterocycles. The Morgan fingerprint density at radius 2 is 1.93 bits per heavy atom. The molecule has 1 saturated heterocycles. The normalized spacial score (nSPS) is 30.3. The molecule has 2 aliphatic carbocycles. The van der Waals surface area contributed by atoms with E-state index in [4.69, 9.17) is 4.74 Å². The average Bonchev–Trinajstić information content (AvgIpc) is 3.41. The number of hydrogen-bond donors (Lipinski definition) is 1. The standard InChI is InChI=1S/C24H35N5O/c1-30-23-12-19-15-28(14-18(19)11-22(23)27-24-9-5-6-10-26-24)16-21-13-25-17-29(21)20-7-3-2-4-8-20/h5-6,9-10,13,17-20,22-23H,2-4,7-8,11-12,14-16H2,1H3,(H,26,27)/t18-,19+,22-,23-/m1/s1. The maximum Gasteiger partial charge on any atom is 0.126 e. The fourth-order valence-electron chi connectivity index (χ4n) is 6.06. The predicted octanol–water partition coefficient (Wildman–Crippen LogP) is 4.12. The largest absolute Gasteiger partial charge is 0.379 e. The molecule has 2 saturated carbocycles. The third-order valence-electron chi connectivity index (χ3n) is 7.59. The molecule has 162 valence electrons. The van der Waals surface area contributed by atoms with Gasteiger partial charge in [-0.25, -0.2) is 9.97 Å². The van der Waals surface area contributed by atoms with Crippen molar-refractivity contribution in [3.05, 3.63) is 42.6 Å². The second-order valence-electron chi connectivity index (χ2n) is 9.51. The number of anilines is 1. The highest BCUT2D eigenvalue weighted by Gasteiger charge is 2.42. The lowest BCUT2D eigenvalue weighted by Gasteiger charge is -2.37. The van der Waals surface area contributed by atoms with Crippen LogP contribution in [0.5, 0.6) is 0 Å². The Balaban J connectivity index is 1.23. The van der Waals surface area contributed by atoms with Crippen LogP contribution in [-0.2, 0) is 11.3 Å². The summed E-state index contributed by atoms with van der Waals surface area (Å²) >= 11 is 0. The number of methoxy groups -OCH3 is 1. The summed E-state index contributed by atoms with van der Waals surface area (Å²) in [6, 6.07) is 7.04. The van der Waals surface area contributed by atoms with Gasteiger partial charge in [0.15, 0.2) is 0 Å². The molecule has 0 amide bonds. The summed E-state index contributed by atoms with van der Waals surface area (Å²) in [7, 11) is 1.85. The molecule has 6 heteroatoms. The highest BCUT2D eigenvalue weighted by molar-refractivity contribution is 5.35. The smallest absolute Gasteiger partial charge is 0.126 e. The first-order chi connectivity index (χ1) is 14.8. The maximum absolute atomic E-state index is 5.90. The van der Waals surface area contributed by atoms with Gasteiger partial charge >= 0.3 is 0 Å². The molecular weight excluding hydrogens is 374 g/mol. The summed E-state index contributed by atoms with van der Waals surface area (Å²) in [4.78, 5) is 11.6. The first kappa shape index (κ1) is 20.0. The molecule has 0 aromatic carbocycles. The van der Waals surface area contributed by atoms with Crippen molar-refractivity contribution in [3.63, 3.8) is 0 Å². The molecular formula is C24H35N5O. The minimum Gasteiger partial charge on any atom is -0.379 e. The second kappa shape index (κ2) is 9.06. The first-order valence-corrected chi connectivity index (χ1v) is 11.7. The summed E-state index contributed by atoms with van der Waals surface area (Å²) in [6.45, 7) is 3.38. The van der Waals surface area contributed by atoms with E-state index < -0.39 is 0 Å². The maximum atomic E-state index is 5.90. The van der Waals surface area contributed by atoms with Gasteiger partial charge < -0.3 is 14.6 Å². The fraction of sp³-hybridized carbons (Fsp3) is 0.667. The van der Waals surface area contributed by atoms with Crippen LogP contribution in [0.15, 0.2) is 36.9 Å². The van der Waals surface area contributed by atoms with Gasteiger partial charge in [-0.15, -0.1) is 0 Å². The molecule has 3 fully saturated rings. The minimum absolute atomic E-state index is 0.251. The van der Waals surface area contributed by atoms with E-state index in [1.807, 2.05) is 31.5 Å². The quantitative estimate of drug-likeness (QED) is 0.778. The molecule has 0 spiro atoms. The lowest BCUT2D eigenvalue weighted by molar-refractivity contribution is 0.0304. The van der Waals surface area contributed by atoms with Crippen molar-refractivity contribution in [1.29, 1.82) is 0 Å². The number of nitrogens with zero attached hydrogens (tertiary/aromatic N) is 4. The molecule has 3 heterocycles. The van der Waals surface area contributed by atoms with Crippen LogP contribution >= 0.6 is 0 Å². The van der Waals surface area contributed by atoms with E-state index in [0.29, 0.717) is 12.1 Å². The van der Waals surface area contributed by atoms with Gasteiger partial charge in [-0.1, -0.05) is 25.3 Å². The number of imidazole rings is 1. The molecule has 0 unspecified atom stereocenters. The van der Waals surface area contributed by atoms with Crippen LogP contribution in [0, 0.1) is 11.8 Å². The van der Waals surface area contributed by atoms with E-state index in [-0.39, 0.29) is 6.10 Å². The van der Waals surface area contributed by atoms with Crippen LogP contribution in [0.25, 0.3) is 0 Å². The zero-order valence-corrected chi connectivity index (χ0v) is 18.1. The van der Waals surface area contributed by atoms with Crippen molar-refractivity contribution < 1.29 is 4.74 Å². The van der Waals surface area contributed by atoms with Crippen LogP contribution in [-0.4, -0.2) is 51.8 Å². The summed E-state index contributed by atoms with van der Waals surface area (Å²) in [5.41, 5.74) is 1.40.